The van der Waals surface area contributed by atoms with Crippen molar-refractivity contribution in [1.29, 1.82) is 0 Å². The Morgan fingerprint density at radius 1 is 1.21 bits per heavy atom. The SMILES string of the molecule is CNc1ccc(-c2ccc(OCC3(C(=O)ON)CCC3)nc2)cc1. The van der Waals surface area contributed by atoms with Gasteiger partial charge in [-0.25, -0.2) is 9.78 Å². The summed E-state index contributed by atoms with van der Waals surface area (Å²) in [6.07, 6.45) is 4.21. The number of aromatic nitrogens is 1. The number of nitrogens with two attached hydrogens (primary N) is 1. The number of pyridine rings is 1. The molecule has 0 bridgehead atoms. The molecule has 2 aromatic rings. The lowest BCUT2D eigenvalue weighted by atomic mass is 9.69. The third kappa shape index (κ3) is 3.19. The lowest BCUT2D eigenvalue weighted by molar-refractivity contribution is -0.165. The average molecular weight is 327 g/mol. The van der Waals surface area contributed by atoms with Crippen molar-refractivity contribution in [2.45, 2.75) is 19.3 Å². The molecule has 6 nitrogen and oxygen atoms in total. The van der Waals surface area contributed by atoms with E-state index in [4.69, 9.17) is 10.6 Å². The first-order chi connectivity index (χ1) is 11.7. The lowest BCUT2D eigenvalue weighted by Crippen LogP contribution is -2.45. The van der Waals surface area contributed by atoms with Crippen molar-refractivity contribution in [2.75, 3.05) is 19.0 Å². The van der Waals surface area contributed by atoms with Crippen LogP contribution in [0.2, 0.25) is 0 Å². The maximum Gasteiger partial charge on any atom is 0.334 e. The molecule has 0 spiro atoms. The van der Waals surface area contributed by atoms with Gasteiger partial charge in [-0.2, -0.15) is 5.90 Å². The van der Waals surface area contributed by atoms with Gasteiger partial charge in [0, 0.05) is 30.6 Å². The molecule has 0 saturated heterocycles. The monoisotopic (exact) mass is 327 g/mol. The first-order valence-corrected chi connectivity index (χ1v) is 7.95. The molecular formula is C18H21N3O3. The van der Waals surface area contributed by atoms with Gasteiger partial charge in [0.2, 0.25) is 5.88 Å². The largest absolute Gasteiger partial charge is 0.476 e. The Kier molecular flexibility index (Phi) is 4.66. The minimum absolute atomic E-state index is 0.242. The number of carbonyl (C=O) groups is 1. The predicted molar refractivity (Wildman–Crippen MR) is 91.3 cm³/mol. The molecule has 1 aliphatic rings. The Morgan fingerprint density at radius 2 is 1.92 bits per heavy atom. The van der Waals surface area contributed by atoms with Gasteiger partial charge in [0.05, 0.1) is 0 Å². The zero-order valence-corrected chi connectivity index (χ0v) is 13.6. The molecule has 1 fully saturated rings. The molecule has 0 unspecified atom stereocenters. The molecular weight excluding hydrogens is 306 g/mol. The summed E-state index contributed by atoms with van der Waals surface area (Å²) in [5.74, 6) is 5.10. The number of carbonyl (C=O) groups excluding carboxylic acids is 1. The van der Waals surface area contributed by atoms with E-state index in [1.165, 1.54) is 0 Å². The highest BCUT2D eigenvalue weighted by molar-refractivity contribution is 5.77. The van der Waals surface area contributed by atoms with E-state index in [9.17, 15) is 4.79 Å². The van der Waals surface area contributed by atoms with E-state index in [0.717, 1.165) is 36.1 Å². The second-order valence-corrected chi connectivity index (χ2v) is 6.04. The van der Waals surface area contributed by atoms with Crippen LogP contribution in [0.5, 0.6) is 5.88 Å². The van der Waals surface area contributed by atoms with Crippen molar-refractivity contribution in [2.24, 2.45) is 11.3 Å². The van der Waals surface area contributed by atoms with E-state index in [1.807, 2.05) is 43.4 Å². The molecule has 24 heavy (non-hydrogen) atoms. The number of nitrogens with one attached hydrogen (secondary N) is 1. The molecule has 0 radical (unpaired) electrons. The van der Waals surface area contributed by atoms with E-state index in [1.54, 1.807) is 6.20 Å². The first kappa shape index (κ1) is 16.3. The van der Waals surface area contributed by atoms with E-state index in [2.05, 4.69) is 15.1 Å². The second kappa shape index (κ2) is 6.88. The molecule has 0 atom stereocenters. The van der Waals surface area contributed by atoms with Gasteiger partial charge in [-0.3, -0.25) is 0 Å². The number of rotatable bonds is 6. The topological polar surface area (TPSA) is 86.5 Å². The number of benzene rings is 1. The quantitative estimate of drug-likeness (QED) is 0.793. The van der Waals surface area contributed by atoms with Gasteiger partial charge in [-0.05, 0) is 36.6 Å². The molecule has 126 valence electrons. The molecule has 0 aliphatic heterocycles. The fourth-order valence-electron chi connectivity index (χ4n) is 2.81. The van der Waals surface area contributed by atoms with E-state index in [-0.39, 0.29) is 6.61 Å². The van der Waals surface area contributed by atoms with Crippen LogP contribution in [-0.2, 0) is 9.63 Å². The van der Waals surface area contributed by atoms with Crippen molar-refractivity contribution >= 4 is 11.7 Å². The number of nitrogens with zero attached hydrogens (tertiary/aromatic N) is 1. The number of anilines is 1. The van der Waals surface area contributed by atoms with Crippen LogP contribution in [0.15, 0.2) is 42.6 Å². The molecule has 3 rings (SSSR count). The Balaban J connectivity index is 1.65. The zero-order chi connectivity index (χ0) is 17.0. The van der Waals surface area contributed by atoms with Crippen molar-refractivity contribution in [3.8, 4) is 17.0 Å². The standard InChI is InChI=1S/C18H21N3O3/c1-20-15-6-3-13(4-7-15)14-5-8-16(21-11-14)23-12-18(9-2-10-18)17(22)24-19/h3-8,11,20H,2,9-10,12,19H2,1H3. The van der Waals surface area contributed by atoms with Gasteiger partial charge in [0.15, 0.2) is 0 Å². The van der Waals surface area contributed by atoms with Gasteiger partial charge in [0.1, 0.15) is 12.0 Å². The maximum atomic E-state index is 11.8. The number of hydrogen-bond donors (Lipinski definition) is 2. The fraction of sp³-hybridized carbons (Fsp3) is 0.333. The van der Waals surface area contributed by atoms with Crippen LogP contribution in [0.4, 0.5) is 5.69 Å². The van der Waals surface area contributed by atoms with Gasteiger partial charge in [-0.15, -0.1) is 0 Å². The maximum absolute atomic E-state index is 11.8. The molecule has 1 aromatic carbocycles. The summed E-state index contributed by atoms with van der Waals surface area (Å²) in [5.41, 5.74) is 2.53. The highest BCUT2D eigenvalue weighted by Crippen LogP contribution is 2.42. The van der Waals surface area contributed by atoms with E-state index in [0.29, 0.717) is 5.88 Å². The normalized spacial score (nSPS) is 15.2. The van der Waals surface area contributed by atoms with Gasteiger partial charge in [-0.1, -0.05) is 18.6 Å². The van der Waals surface area contributed by atoms with Crippen LogP contribution in [0.3, 0.4) is 0 Å². The molecule has 1 aromatic heterocycles. The third-order valence-electron chi connectivity index (χ3n) is 4.59. The smallest absolute Gasteiger partial charge is 0.334 e. The highest BCUT2D eigenvalue weighted by Gasteiger charge is 2.46. The Labute approximate surface area is 140 Å². The summed E-state index contributed by atoms with van der Waals surface area (Å²) in [6, 6.07) is 11.8. The summed E-state index contributed by atoms with van der Waals surface area (Å²) in [4.78, 5) is 20.5. The van der Waals surface area contributed by atoms with Crippen molar-refractivity contribution < 1.29 is 14.4 Å². The fourth-order valence-corrected chi connectivity index (χ4v) is 2.81. The average Bonchev–Trinajstić information content (AvgIpc) is 2.61. The predicted octanol–water partition coefficient (Wildman–Crippen LogP) is 2.76. The van der Waals surface area contributed by atoms with Crippen LogP contribution in [0.25, 0.3) is 11.1 Å². The Morgan fingerprint density at radius 3 is 2.42 bits per heavy atom. The summed E-state index contributed by atoms with van der Waals surface area (Å²) in [7, 11) is 1.89. The number of hydrogen-bond acceptors (Lipinski definition) is 6. The van der Waals surface area contributed by atoms with Crippen molar-refractivity contribution in [3.63, 3.8) is 0 Å². The second-order valence-electron chi connectivity index (χ2n) is 6.04. The third-order valence-corrected chi connectivity index (χ3v) is 4.59. The number of ether oxygens (including phenoxy) is 1. The molecule has 6 heteroatoms. The molecule has 1 saturated carbocycles. The van der Waals surface area contributed by atoms with Crippen LogP contribution < -0.4 is 16.0 Å². The lowest BCUT2D eigenvalue weighted by Gasteiger charge is -2.37. The van der Waals surface area contributed by atoms with Crippen LogP contribution in [-0.4, -0.2) is 24.6 Å². The van der Waals surface area contributed by atoms with E-state index < -0.39 is 11.4 Å². The molecule has 1 aliphatic carbocycles. The summed E-state index contributed by atoms with van der Waals surface area (Å²) in [5, 5.41) is 3.09. The van der Waals surface area contributed by atoms with Crippen LogP contribution in [0, 0.1) is 5.41 Å². The van der Waals surface area contributed by atoms with Crippen molar-refractivity contribution in [1.82, 2.24) is 4.98 Å². The summed E-state index contributed by atoms with van der Waals surface area (Å²) < 4.78 is 5.69. The molecule has 1 heterocycles. The van der Waals surface area contributed by atoms with Gasteiger partial charge in [0.25, 0.3) is 0 Å². The van der Waals surface area contributed by atoms with Crippen molar-refractivity contribution in [3.05, 3.63) is 42.6 Å². The Bertz CT molecular complexity index is 694. The van der Waals surface area contributed by atoms with Crippen LogP contribution >= 0.6 is 0 Å². The summed E-state index contributed by atoms with van der Waals surface area (Å²) >= 11 is 0. The molecule has 0 amide bonds. The summed E-state index contributed by atoms with van der Waals surface area (Å²) in [6.45, 7) is 0.242. The highest BCUT2D eigenvalue weighted by atomic mass is 16.7. The minimum Gasteiger partial charge on any atom is -0.476 e. The van der Waals surface area contributed by atoms with Gasteiger partial charge >= 0.3 is 5.97 Å². The first-order valence-electron chi connectivity index (χ1n) is 7.95. The minimum atomic E-state index is -0.613. The zero-order valence-electron chi connectivity index (χ0n) is 13.6. The van der Waals surface area contributed by atoms with E-state index >= 15 is 0 Å². The van der Waals surface area contributed by atoms with Crippen LogP contribution in [0.1, 0.15) is 19.3 Å². The van der Waals surface area contributed by atoms with Gasteiger partial charge < -0.3 is 14.9 Å². The molecule has 3 N–H and O–H groups in total. The Hall–Kier alpha value is -2.60.